The number of rotatable bonds is 1. The van der Waals surface area contributed by atoms with Crippen molar-refractivity contribution in [2.45, 2.75) is 6.42 Å². The van der Waals surface area contributed by atoms with Crippen molar-refractivity contribution in [1.82, 2.24) is 0 Å². The fourth-order valence-corrected chi connectivity index (χ4v) is 1.02. The average Bonchev–Trinajstić information content (AvgIpc) is 2.14. The van der Waals surface area contributed by atoms with E-state index in [1.54, 1.807) is 0 Å². The van der Waals surface area contributed by atoms with E-state index in [9.17, 15) is 4.79 Å². The molecule has 0 bridgehead atoms. The summed E-state index contributed by atoms with van der Waals surface area (Å²) in [7, 11) is 0. The molecular formula is C8H7BrO. The third-order valence-electron chi connectivity index (χ3n) is 1.24. The summed E-state index contributed by atoms with van der Waals surface area (Å²) in [6.45, 7) is 0. The van der Waals surface area contributed by atoms with E-state index in [0.717, 1.165) is 22.8 Å². The largest absolute Gasteiger partial charge is 0.298 e. The summed E-state index contributed by atoms with van der Waals surface area (Å²) in [5.41, 5.74) is 0.811. The van der Waals surface area contributed by atoms with Gasteiger partial charge < -0.3 is 0 Å². The van der Waals surface area contributed by atoms with Crippen LogP contribution in [0.5, 0.6) is 0 Å². The second kappa shape index (κ2) is 3.52. The summed E-state index contributed by atoms with van der Waals surface area (Å²) in [5.74, 6) is 0. The number of hydrogen-bond acceptors (Lipinski definition) is 1. The molecule has 0 saturated carbocycles. The van der Waals surface area contributed by atoms with Crippen LogP contribution in [0.15, 0.2) is 34.4 Å². The lowest BCUT2D eigenvalue weighted by molar-refractivity contribution is -0.104. The normalized spacial score (nSPS) is 17.3. The smallest absolute Gasteiger partial charge is 0.146 e. The second-order valence-electron chi connectivity index (χ2n) is 2.02. The molecule has 0 aromatic heterocycles. The molecule has 0 unspecified atom stereocenters. The average molecular weight is 199 g/mol. The Morgan fingerprint density at radius 2 is 2.30 bits per heavy atom. The van der Waals surface area contributed by atoms with Gasteiger partial charge in [0.25, 0.3) is 0 Å². The van der Waals surface area contributed by atoms with Gasteiger partial charge in [-0.25, -0.2) is 0 Å². The van der Waals surface area contributed by atoms with Gasteiger partial charge in [-0.05, 0) is 18.1 Å². The Morgan fingerprint density at radius 3 is 3.00 bits per heavy atom. The number of halogens is 1. The maximum atomic E-state index is 10.3. The van der Waals surface area contributed by atoms with Gasteiger partial charge in [-0.1, -0.05) is 34.2 Å². The summed E-state index contributed by atoms with van der Waals surface area (Å²) in [6, 6.07) is 0. The van der Waals surface area contributed by atoms with Crippen LogP contribution in [0, 0.1) is 0 Å². The third-order valence-corrected chi connectivity index (χ3v) is 1.77. The molecule has 0 aromatic carbocycles. The highest BCUT2D eigenvalue weighted by molar-refractivity contribution is 9.11. The molecule has 1 rings (SSSR count). The van der Waals surface area contributed by atoms with E-state index in [-0.39, 0.29) is 0 Å². The SMILES string of the molecule is O=CC1=CC=C(Br)C=CC1. The summed E-state index contributed by atoms with van der Waals surface area (Å²) in [6.07, 6.45) is 9.19. The first kappa shape index (κ1) is 7.48. The Kier molecular flexibility index (Phi) is 2.63. The minimum Gasteiger partial charge on any atom is -0.298 e. The predicted molar refractivity (Wildman–Crippen MR) is 44.9 cm³/mol. The Bertz CT molecular complexity index is 223. The summed E-state index contributed by atoms with van der Waals surface area (Å²) >= 11 is 3.31. The van der Waals surface area contributed by atoms with Crippen molar-refractivity contribution in [3.05, 3.63) is 34.4 Å². The van der Waals surface area contributed by atoms with Crippen LogP contribution >= 0.6 is 15.9 Å². The van der Waals surface area contributed by atoms with Crippen LogP contribution in [0.3, 0.4) is 0 Å². The van der Waals surface area contributed by atoms with Crippen LogP contribution in [-0.4, -0.2) is 6.29 Å². The third kappa shape index (κ3) is 1.95. The Balaban J connectivity index is 2.83. The van der Waals surface area contributed by atoms with E-state index in [1.807, 2.05) is 24.3 Å². The molecule has 2 heteroatoms. The predicted octanol–water partition coefficient (Wildman–Crippen LogP) is 2.35. The van der Waals surface area contributed by atoms with Crippen molar-refractivity contribution in [3.63, 3.8) is 0 Å². The molecule has 10 heavy (non-hydrogen) atoms. The van der Waals surface area contributed by atoms with Gasteiger partial charge in [0.05, 0.1) is 0 Å². The molecular weight excluding hydrogens is 192 g/mol. The summed E-state index contributed by atoms with van der Waals surface area (Å²) in [5, 5.41) is 0. The van der Waals surface area contributed by atoms with Gasteiger partial charge in [-0.2, -0.15) is 0 Å². The van der Waals surface area contributed by atoms with E-state index < -0.39 is 0 Å². The van der Waals surface area contributed by atoms with Crippen LogP contribution < -0.4 is 0 Å². The van der Waals surface area contributed by atoms with Crippen molar-refractivity contribution in [2.24, 2.45) is 0 Å². The van der Waals surface area contributed by atoms with Crippen molar-refractivity contribution < 1.29 is 4.79 Å². The number of carbonyl (C=O) groups is 1. The minimum atomic E-state index is 0.731. The molecule has 0 aliphatic heterocycles. The molecule has 0 spiro atoms. The van der Waals surface area contributed by atoms with Crippen molar-refractivity contribution >= 4 is 22.2 Å². The van der Waals surface area contributed by atoms with Gasteiger partial charge in [0.1, 0.15) is 6.29 Å². The molecule has 0 heterocycles. The second-order valence-corrected chi connectivity index (χ2v) is 2.93. The lowest BCUT2D eigenvalue weighted by Crippen LogP contribution is -1.78. The maximum absolute atomic E-state index is 10.3. The van der Waals surface area contributed by atoms with Crippen molar-refractivity contribution in [3.8, 4) is 0 Å². The Hall–Kier alpha value is -0.630. The highest BCUT2D eigenvalue weighted by Crippen LogP contribution is 2.13. The van der Waals surface area contributed by atoms with Gasteiger partial charge in [0, 0.05) is 4.48 Å². The molecule has 0 radical (unpaired) electrons. The van der Waals surface area contributed by atoms with Gasteiger partial charge in [-0.15, -0.1) is 0 Å². The van der Waals surface area contributed by atoms with Gasteiger partial charge in [0.2, 0.25) is 0 Å². The first-order valence-electron chi connectivity index (χ1n) is 3.01. The molecule has 0 amide bonds. The molecule has 0 atom stereocenters. The molecule has 0 fully saturated rings. The number of hydrogen-bond donors (Lipinski definition) is 0. The van der Waals surface area contributed by atoms with E-state index >= 15 is 0 Å². The molecule has 1 nitrogen and oxygen atoms in total. The standard InChI is InChI=1S/C8H7BrO/c9-8-3-1-2-7(6-10)4-5-8/h1,3-6H,2H2. The molecule has 1 aliphatic rings. The Morgan fingerprint density at radius 1 is 1.50 bits per heavy atom. The topological polar surface area (TPSA) is 17.1 Å². The van der Waals surface area contributed by atoms with E-state index in [0.29, 0.717) is 0 Å². The highest BCUT2D eigenvalue weighted by atomic mass is 79.9. The molecule has 0 saturated heterocycles. The molecule has 0 N–H and O–H groups in total. The van der Waals surface area contributed by atoms with Crippen molar-refractivity contribution in [2.75, 3.05) is 0 Å². The van der Waals surface area contributed by atoms with Gasteiger partial charge >= 0.3 is 0 Å². The van der Waals surface area contributed by atoms with Crippen LogP contribution in [0.25, 0.3) is 0 Å². The first-order chi connectivity index (χ1) is 4.83. The summed E-state index contributed by atoms with van der Waals surface area (Å²) < 4.78 is 1.00. The van der Waals surface area contributed by atoms with Crippen LogP contribution in [0.4, 0.5) is 0 Å². The lowest BCUT2D eigenvalue weighted by Gasteiger charge is -1.85. The monoisotopic (exact) mass is 198 g/mol. The number of allylic oxidation sites excluding steroid dienone is 6. The van der Waals surface area contributed by atoms with Crippen LogP contribution in [0.1, 0.15) is 6.42 Å². The molecule has 0 aromatic rings. The van der Waals surface area contributed by atoms with Gasteiger partial charge in [0.15, 0.2) is 0 Å². The zero-order valence-corrected chi connectivity index (χ0v) is 6.97. The molecule has 1 aliphatic carbocycles. The van der Waals surface area contributed by atoms with E-state index in [2.05, 4.69) is 15.9 Å². The number of carbonyl (C=O) groups excluding carboxylic acids is 1. The van der Waals surface area contributed by atoms with E-state index in [1.165, 1.54) is 0 Å². The summed E-state index contributed by atoms with van der Waals surface area (Å²) in [4.78, 5) is 10.3. The Labute approximate surface area is 68.2 Å². The zero-order valence-electron chi connectivity index (χ0n) is 5.38. The number of aldehydes is 1. The first-order valence-corrected chi connectivity index (χ1v) is 3.80. The van der Waals surface area contributed by atoms with E-state index in [4.69, 9.17) is 0 Å². The lowest BCUT2D eigenvalue weighted by atomic mass is 10.2. The minimum absolute atomic E-state index is 0.731. The van der Waals surface area contributed by atoms with Crippen LogP contribution in [-0.2, 0) is 4.79 Å². The zero-order chi connectivity index (χ0) is 7.40. The van der Waals surface area contributed by atoms with Crippen LogP contribution in [0.2, 0.25) is 0 Å². The maximum Gasteiger partial charge on any atom is 0.146 e. The van der Waals surface area contributed by atoms with Crippen molar-refractivity contribution in [1.29, 1.82) is 0 Å². The molecule has 52 valence electrons. The fourth-order valence-electron chi connectivity index (χ4n) is 0.705. The quantitative estimate of drug-likeness (QED) is 0.592. The fraction of sp³-hybridized carbons (Fsp3) is 0.125. The highest BCUT2D eigenvalue weighted by Gasteiger charge is 1.94. The van der Waals surface area contributed by atoms with Gasteiger partial charge in [-0.3, -0.25) is 4.79 Å².